The van der Waals surface area contributed by atoms with Crippen LogP contribution in [0.5, 0.6) is 11.5 Å². The number of carbonyl (C=O) groups is 1. The maximum atomic E-state index is 12.5. The van der Waals surface area contributed by atoms with Crippen LogP contribution < -0.4 is 19.5 Å². The largest absolute Gasteiger partial charge is 0.497 e. The highest BCUT2D eigenvalue weighted by atomic mass is 32.2. The van der Waals surface area contributed by atoms with Gasteiger partial charge in [-0.3, -0.25) is 9.52 Å². The van der Waals surface area contributed by atoms with Gasteiger partial charge in [0.05, 0.1) is 12.0 Å². The molecular weight excluding hydrogens is 466 g/mol. The van der Waals surface area contributed by atoms with Crippen molar-refractivity contribution in [2.75, 3.05) is 17.1 Å². The minimum absolute atomic E-state index is 0.0469. The Morgan fingerprint density at radius 2 is 1.88 bits per heavy atom. The van der Waals surface area contributed by atoms with E-state index in [1.165, 1.54) is 47.9 Å². The van der Waals surface area contributed by atoms with E-state index in [9.17, 15) is 13.2 Å². The Morgan fingerprint density at radius 3 is 2.61 bits per heavy atom. The number of carbonyl (C=O) groups excluding carboxylic acids is 1. The van der Waals surface area contributed by atoms with Gasteiger partial charge in [-0.15, -0.1) is 11.3 Å². The third-order valence-corrected chi connectivity index (χ3v) is 6.56. The fourth-order valence-corrected chi connectivity index (χ4v) is 4.57. The standard InChI is InChI=1S/C22H19N3O6S2/c1-29-16-3-2-4-17(13-16)30-14-18-7-10-20(31-18)21(26)24-15-5-8-19(9-6-15)33(27,28)25-22-23-11-12-32-22/h2-13H,14H2,1H3,(H,23,25)(H,24,26). The molecule has 0 aliphatic carbocycles. The van der Waals surface area contributed by atoms with E-state index in [1.54, 1.807) is 36.8 Å². The zero-order valence-corrected chi connectivity index (χ0v) is 19.0. The lowest BCUT2D eigenvalue weighted by molar-refractivity contribution is 0.0992. The number of benzene rings is 2. The van der Waals surface area contributed by atoms with Crippen LogP contribution in [0.2, 0.25) is 0 Å². The fourth-order valence-electron chi connectivity index (χ4n) is 2.78. The minimum atomic E-state index is -3.77. The summed E-state index contributed by atoms with van der Waals surface area (Å²) in [5, 5.41) is 4.61. The molecule has 33 heavy (non-hydrogen) atoms. The summed E-state index contributed by atoms with van der Waals surface area (Å²) in [4.78, 5) is 16.4. The normalized spacial score (nSPS) is 11.1. The molecule has 9 nitrogen and oxygen atoms in total. The first-order valence-corrected chi connectivity index (χ1v) is 12.0. The first-order chi connectivity index (χ1) is 15.9. The summed E-state index contributed by atoms with van der Waals surface area (Å²) >= 11 is 1.18. The third kappa shape index (κ3) is 5.70. The summed E-state index contributed by atoms with van der Waals surface area (Å²) in [7, 11) is -2.19. The average molecular weight is 486 g/mol. The lowest BCUT2D eigenvalue weighted by Crippen LogP contribution is -2.13. The fraction of sp³-hybridized carbons (Fsp3) is 0.0909. The van der Waals surface area contributed by atoms with Crippen molar-refractivity contribution in [1.29, 1.82) is 0 Å². The molecule has 0 aliphatic heterocycles. The highest BCUT2D eigenvalue weighted by molar-refractivity contribution is 7.93. The molecule has 2 N–H and O–H groups in total. The number of anilines is 2. The number of aromatic nitrogens is 1. The number of hydrogen-bond acceptors (Lipinski definition) is 8. The molecule has 2 aromatic heterocycles. The van der Waals surface area contributed by atoms with Gasteiger partial charge in [-0.05, 0) is 48.5 Å². The van der Waals surface area contributed by atoms with Crippen molar-refractivity contribution < 1.29 is 27.1 Å². The molecular formula is C22H19N3O6S2. The van der Waals surface area contributed by atoms with Crippen LogP contribution in [0.15, 0.2) is 81.6 Å². The van der Waals surface area contributed by atoms with Gasteiger partial charge in [0, 0.05) is 23.3 Å². The molecule has 0 unspecified atom stereocenters. The first-order valence-electron chi connectivity index (χ1n) is 9.62. The van der Waals surface area contributed by atoms with Crippen molar-refractivity contribution in [2.24, 2.45) is 0 Å². The summed E-state index contributed by atoms with van der Waals surface area (Å²) in [5.41, 5.74) is 0.416. The quantitative estimate of drug-likeness (QED) is 0.361. The van der Waals surface area contributed by atoms with E-state index in [1.807, 2.05) is 6.07 Å². The SMILES string of the molecule is COc1cccc(OCc2ccc(C(=O)Nc3ccc(S(=O)(=O)Nc4nccs4)cc3)o2)c1. The molecule has 0 bridgehead atoms. The number of thiazole rings is 1. The average Bonchev–Trinajstić information content (AvgIpc) is 3.50. The molecule has 0 atom stereocenters. The number of amides is 1. The Hall–Kier alpha value is -3.83. The molecule has 0 radical (unpaired) electrons. The van der Waals surface area contributed by atoms with Gasteiger partial charge in [-0.1, -0.05) is 6.07 Å². The molecule has 0 aliphatic rings. The number of hydrogen-bond donors (Lipinski definition) is 2. The van der Waals surface area contributed by atoms with Gasteiger partial charge in [-0.25, -0.2) is 13.4 Å². The predicted molar refractivity (Wildman–Crippen MR) is 123 cm³/mol. The van der Waals surface area contributed by atoms with Gasteiger partial charge in [-0.2, -0.15) is 0 Å². The molecule has 0 fully saturated rings. The second-order valence-electron chi connectivity index (χ2n) is 6.65. The summed E-state index contributed by atoms with van der Waals surface area (Å²) in [6.07, 6.45) is 1.51. The number of nitrogens with zero attached hydrogens (tertiary/aromatic N) is 1. The van der Waals surface area contributed by atoms with Gasteiger partial charge >= 0.3 is 0 Å². The Labute approximate surface area is 194 Å². The maximum absolute atomic E-state index is 12.5. The first kappa shape index (κ1) is 22.4. The molecule has 4 rings (SSSR count). The van der Waals surface area contributed by atoms with Crippen molar-refractivity contribution >= 4 is 38.1 Å². The zero-order valence-electron chi connectivity index (χ0n) is 17.3. The molecule has 2 heterocycles. The number of sulfonamides is 1. The molecule has 4 aromatic rings. The highest BCUT2D eigenvalue weighted by Gasteiger charge is 2.16. The van der Waals surface area contributed by atoms with Crippen LogP contribution in [0.3, 0.4) is 0 Å². The van der Waals surface area contributed by atoms with Gasteiger partial charge in [0.2, 0.25) is 0 Å². The maximum Gasteiger partial charge on any atom is 0.291 e. The summed E-state index contributed by atoms with van der Waals surface area (Å²) in [5.74, 6) is 1.37. The van der Waals surface area contributed by atoms with E-state index >= 15 is 0 Å². The number of methoxy groups -OCH3 is 1. The van der Waals surface area contributed by atoms with Crippen LogP contribution >= 0.6 is 11.3 Å². The third-order valence-electron chi connectivity index (χ3n) is 4.38. The minimum Gasteiger partial charge on any atom is -0.497 e. The van der Waals surface area contributed by atoms with E-state index in [-0.39, 0.29) is 22.4 Å². The van der Waals surface area contributed by atoms with Crippen LogP contribution in [0.1, 0.15) is 16.3 Å². The molecule has 0 saturated heterocycles. The molecule has 1 amide bonds. The van der Waals surface area contributed by atoms with Crippen molar-refractivity contribution in [3.05, 3.63) is 83.8 Å². The van der Waals surface area contributed by atoms with Gasteiger partial charge in [0.15, 0.2) is 10.9 Å². The lowest BCUT2D eigenvalue weighted by atomic mass is 10.3. The predicted octanol–water partition coefficient (Wildman–Crippen LogP) is 4.38. The van der Waals surface area contributed by atoms with E-state index in [2.05, 4.69) is 15.0 Å². The molecule has 11 heteroatoms. The molecule has 2 aromatic carbocycles. The lowest BCUT2D eigenvalue weighted by Gasteiger charge is -2.07. The van der Waals surface area contributed by atoms with Crippen LogP contribution in [0.25, 0.3) is 0 Å². The summed E-state index contributed by atoms with van der Waals surface area (Å²) in [6.45, 7) is 0.138. The highest BCUT2D eigenvalue weighted by Crippen LogP contribution is 2.22. The molecule has 0 saturated carbocycles. The second kappa shape index (κ2) is 9.76. The van der Waals surface area contributed by atoms with Crippen molar-refractivity contribution in [3.8, 4) is 11.5 Å². The van der Waals surface area contributed by atoms with Crippen molar-refractivity contribution in [1.82, 2.24) is 4.98 Å². The Bertz CT molecular complexity index is 1330. The molecule has 170 valence electrons. The van der Waals surface area contributed by atoms with E-state index in [4.69, 9.17) is 13.9 Å². The van der Waals surface area contributed by atoms with Crippen LogP contribution in [-0.4, -0.2) is 26.4 Å². The Morgan fingerprint density at radius 1 is 1.09 bits per heavy atom. The van der Waals surface area contributed by atoms with Crippen molar-refractivity contribution in [3.63, 3.8) is 0 Å². The monoisotopic (exact) mass is 485 g/mol. The van der Waals surface area contributed by atoms with Crippen molar-refractivity contribution in [2.45, 2.75) is 11.5 Å². The van der Waals surface area contributed by atoms with Crippen LogP contribution in [-0.2, 0) is 16.6 Å². The van der Waals surface area contributed by atoms with Gasteiger partial charge < -0.3 is 19.2 Å². The smallest absolute Gasteiger partial charge is 0.291 e. The van der Waals surface area contributed by atoms with E-state index < -0.39 is 15.9 Å². The number of nitrogens with one attached hydrogen (secondary N) is 2. The van der Waals surface area contributed by atoms with Gasteiger partial charge in [0.25, 0.3) is 15.9 Å². The van der Waals surface area contributed by atoms with E-state index in [0.29, 0.717) is 22.9 Å². The Kier molecular flexibility index (Phi) is 6.61. The summed E-state index contributed by atoms with van der Waals surface area (Å²) in [6, 6.07) is 16.1. The number of rotatable bonds is 9. The summed E-state index contributed by atoms with van der Waals surface area (Å²) < 4.78 is 43.5. The van der Waals surface area contributed by atoms with E-state index in [0.717, 1.165) is 0 Å². The molecule has 0 spiro atoms. The van der Waals surface area contributed by atoms with Gasteiger partial charge in [0.1, 0.15) is 23.9 Å². The number of furan rings is 1. The number of ether oxygens (including phenoxy) is 2. The van der Waals surface area contributed by atoms with Crippen LogP contribution in [0, 0.1) is 0 Å². The Balaban J connectivity index is 1.35. The second-order valence-corrected chi connectivity index (χ2v) is 9.23. The zero-order chi connectivity index (χ0) is 23.3. The van der Waals surface area contributed by atoms with Crippen LogP contribution in [0.4, 0.5) is 10.8 Å². The topological polar surface area (TPSA) is 120 Å².